The number of rotatable bonds is 13. The molecule has 4 aromatic rings. The maximum Gasteiger partial charge on any atom is 0.407 e. The van der Waals surface area contributed by atoms with Gasteiger partial charge >= 0.3 is 17.8 Å². The van der Waals surface area contributed by atoms with Crippen LogP contribution in [0.3, 0.4) is 0 Å². The lowest BCUT2D eigenvalue weighted by Crippen LogP contribution is -2.51. The number of aryl methyl sites for hydroxylation is 1. The number of nitrogens with zero attached hydrogens (tertiary/aromatic N) is 2. The summed E-state index contributed by atoms with van der Waals surface area (Å²) in [7, 11) is 0. The molecule has 0 unspecified atom stereocenters. The Morgan fingerprint density at radius 1 is 0.904 bits per heavy atom. The molecule has 13 nitrogen and oxygen atoms in total. The maximum absolute atomic E-state index is 13.6. The van der Waals surface area contributed by atoms with Crippen molar-refractivity contribution in [3.05, 3.63) is 128 Å². The van der Waals surface area contributed by atoms with E-state index in [4.69, 9.17) is 9.47 Å². The smallest absolute Gasteiger partial charge is 0.407 e. The monoisotopic (exact) mass is 709 g/mol. The zero-order chi connectivity index (χ0) is 37.4. The molecule has 3 amide bonds. The summed E-state index contributed by atoms with van der Waals surface area (Å²) in [5, 5.41) is 5.34. The molecular weight excluding hydrogens is 666 g/mol. The molecule has 0 radical (unpaired) electrons. The van der Waals surface area contributed by atoms with Gasteiger partial charge in [-0.2, -0.15) is 0 Å². The van der Waals surface area contributed by atoms with Crippen LogP contribution in [0.25, 0.3) is 11.1 Å². The number of fused-ring (bicyclic) bond motifs is 3. The van der Waals surface area contributed by atoms with E-state index in [0.717, 1.165) is 37.3 Å². The van der Waals surface area contributed by atoms with Crippen LogP contribution in [0.5, 0.6) is 0 Å². The fourth-order valence-corrected chi connectivity index (χ4v) is 6.05. The molecule has 0 bridgehead atoms. The highest BCUT2D eigenvalue weighted by atomic mass is 16.6. The number of esters is 1. The van der Waals surface area contributed by atoms with Crippen LogP contribution in [0.15, 0.2) is 94.6 Å². The van der Waals surface area contributed by atoms with Crippen molar-refractivity contribution in [2.24, 2.45) is 0 Å². The molecule has 272 valence electrons. The summed E-state index contributed by atoms with van der Waals surface area (Å²) in [4.78, 5) is 80.7. The first kappa shape index (κ1) is 37.3. The third-order valence-electron chi connectivity index (χ3n) is 8.49. The van der Waals surface area contributed by atoms with Crippen molar-refractivity contribution in [2.75, 3.05) is 26.2 Å². The van der Waals surface area contributed by atoms with E-state index >= 15 is 0 Å². The number of aromatic nitrogens is 2. The van der Waals surface area contributed by atoms with Crippen LogP contribution in [0, 0.1) is 6.92 Å². The second-order valence-corrected chi connectivity index (χ2v) is 13.6. The van der Waals surface area contributed by atoms with E-state index in [0.29, 0.717) is 0 Å². The Hall–Kier alpha value is -5.98. The van der Waals surface area contributed by atoms with Gasteiger partial charge < -0.3 is 25.0 Å². The minimum atomic E-state index is -1.06. The highest BCUT2D eigenvalue weighted by Crippen LogP contribution is 2.44. The molecule has 3 N–H and O–H groups in total. The van der Waals surface area contributed by atoms with E-state index in [9.17, 15) is 28.8 Å². The largest absolute Gasteiger partial charge is 0.458 e. The molecule has 52 heavy (non-hydrogen) atoms. The van der Waals surface area contributed by atoms with Crippen LogP contribution in [0.1, 0.15) is 48.9 Å². The molecule has 1 aromatic heterocycles. The number of hydrogen-bond acceptors (Lipinski definition) is 8. The Labute approximate surface area is 301 Å². The first-order valence-corrected chi connectivity index (χ1v) is 17.0. The molecule has 1 heterocycles. The zero-order valence-corrected chi connectivity index (χ0v) is 29.6. The lowest BCUT2D eigenvalue weighted by atomic mass is 9.98. The lowest BCUT2D eigenvalue weighted by Gasteiger charge is -2.27. The molecule has 1 aliphatic carbocycles. The van der Waals surface area contributed by atoms with Crippen LogP contribution >= 0.6 is 0 Å². The van der Waals surface area contributed by atoms with Gasteiger partial charge in [0.15, 0.2) is 0 Å². The molecule has 5 rings (SSSR count). The van der Waals surface area contributed by atoms with Gasteiger partial charge in [-0.25, -0.2) is 14.4 Å². The van der Waals surface area contributed by atoms with Gasteiger partial charge in [0.25, 0.3) is 5.56 Å². The third kappa shape index (κ3) is 9.62. The average Bonchev–Trinajstić information content (AvgIpc) is 3.42. The second-order valence-electron chi connectivity index (χ2n) is 13.6. The van der Waals surface area contributed by atoms with E-state index in [2.05, 4.69) is 15.6 Å². The number of nitrogens with one attached hydrogen (secondary N) is 3. The Balaban J connectivity index is 1.26. The number of aromatic amines is 1. The predicted molar refractivity (Wildman–Crippen MR) is 194 cm³/mol. The lowest BCUT2D eigenvalue weighted by molar-refractivity contribution is -0.158. The van der Waals surface area contributed by atoms with Gasteiger partial charge in [-0.1, -0.05) is 78.9 Å². The maximum atomic E-state index is 13.6. The number of alkyl carbamates (subject to hydrolysis) is 1. The van der Waals surface area contributed by atoms with Crippen LogP contribution in [0.4, 0.5) is 4.79 Å². The molecule has 0 aliphatic heterocycles. The van der Waals surface area contributed by atoms with E-state index in [1.807, 2.05) is 78.9 Å². The van der Waals surface area contributed by atoms with Gasteiger partial charge in [0.2, 0.25) is 11.8 Å². The number of H-pyrrole nitrogens is 1. The van der Waals surface area contributed by atoms with E-state index in [1.54, 1.807) is 20.8 Å². The van der Waals surface area contributed by atoms with E-state index in [1.165, 1.54) is 13.1 Å². The fourth-order valence-electron chi connectivity index (χ4n) is 6.05. The molecule has 0 fully saturated rings. The van der Waals surface area contributed by atoms with Crippen LogP contribution in [-0.2, 0) is 36.8 Å². The highest BCUT2D eigenvalue weighted by Gasteiger charge is 2.30. The molecule has 1 aliphatic rings. The summed E-state index contributed by atoms with van der Waals surface area (Å²) in [6, 6.07) is 24.0. The van der Waals surface area contributed by atoms with Gasteiger partial charge in [-0.05, 0) is 55.5 Å². The van der Waals surface area contributed by atoms with Crippen molar-refractivity contribution in [3.63, 3.8) is 0 Å². The number of benzene rings is 3. The van der Waals surface area contributed by atoms with Crippen LogP contribution in [-0.4, -0.2) is 76.2 Å². The highest BCUT2D eigenvalue weighted by molar-refractivity contribution is 5.88. The van der Waals surface area contributed by atoms with Crippen molar-refractivity contribution in [1.82, 2.24) is 25.1 Å². The van der Waals surface area contributed by atoms with Crippen molar-refractivity contribution >= 4 is 23.9 Å². The summed E-state index contributed by atoms with van der Waals surface area (Å²) < 4.78 is 12.2. The Morgan fingerprint density at radius 2 is 1.52 bits per heavy atom. The molecule has 0 saturated carbocycles. The van der Waals surface area contributed by atoms with Gasteiger partial charge in [0.1, 0.15) is 24.8 Å². The molecule has 0 saturated heterocycles. The van der Waals surface area contributed by atoms with Gasteiger partial charge in [0.05, 0.1) is 6.54 Å². The summed E-state index contributed by atoms with van der Waals surface area (Å²) in [5.41, 5.74) is 3.12. The Kier molecular flexibility index (Phi) is 11.7. The van der Waals surface area contributed by atoms with Gasteiger partial charge in [0, 0.05) is 37.2 Å². The first-order valence-electron chi connectivity index (χ1n) is 17.0. The van der Waals surface area contributed by atoms with E-state index in [-0.39, 0.29) is 37.6 Å². The standard InChI is InChI=1S/C39H43N5O8/c1-25-21-44(37(49)42-35(25)47)23-34(46)43(22-33(45)41-32(36(48)52-39(2,3)4)20-26-12-6-5-7-13-26)19-18-40-38(50)51-24-31-29-16-10-8-14-27(29)28-15-9-11-17-30(28)31/h5-17,21,31-32H,18-20,22-24H2,1-4H3,(H,40,50)(H,41,45)(H,42,47,49)/t32-/m0/s1. The molecule has 0 spiro atoms. The average molecular weight is 710 g/mol. The predicted octanol–water partition coefficient (Wildman–Crippen LogP) is 3.28. The minimum Gasteiger partial charge on any atom is -0.458 e. The van der Waals surface area contributed by atoms with Crippen molar-refractivity contribution in [1.29, 1.82) is 0 Å². The van der Waals surface area contributed by atoms with Crippen molar-refractivity contribution in [3.8, 4) is 11.1 Å². The van der Waals surface area contributed by atoms with E-state index < -0.39 is 59.9 Å². The quantitative estimate of drug-likeness (QED) is 0.178. The molecule has 13 heteroatoms. The number of amides is 3. The zero-order valence-electron chi connectivity index (χ0n) is 29.6. The first-order chi connectivity index (χ1) is 24.8. The Bertz CT molecular complexity index is 2000. The van der Waals surface area contributed by atoms with Gasteiger partial charge in [-0.15, -0.1) is 0 Å². The SMILES string of the molecule is Cc1cn(CC(=O)N(CCNC(=O)OCC2c3ccccc3-c3ccccc32)CC(=O)N[C@@H](Cc2ccccc2)C(=O)OC(C)(C)C)c(=O)[nH]c1=O. The summed E-state index contributed by atoms with van der Waals surface area (Å²) >= 11 is 0. The molecule has 3 aromatic carbocycles. The summed E-state index contributed by atoms with van der Waals surface area (Å²) in [5.74, 6) is -2.09. The summed E-state index contributed by atoms with van der Waals surface area (Å²) in [6.07, 6.45) is 0.689. The number of hydrogen-bond donors (Lipinski definition) is 3. The third-order valence-corrected chi connectivity index (χ3v) is 8.49. The molecular formula is C39H43N5O8. The number of ether oxygens (including phenoxy) is 2. The number of carbonyl (C=O) groups excluding carboxylic acids is 4. The normalized spacial score (nSPS) is 12.6. The van der Waals surface area contributed by atoms with Gasteiger partial charge in [-0.3, -0.25) is 23.9 Å². The number of carbonyl (C=O) groups is 4. The van der Waals surface area contributed by atoms with Crippen LogP contribution in [0.2, 0.25) is 0 Å². The topological polar surface area (TPSA) is 169 Å². The van der Waals surface area contributed by atoms with Crippen LogP contribution < -0.4 is 21.9 Å². The Morgan fingerprint density at radius 3 is 2.15 bits per heavy atom. The minimum absolute atomic E-state index is 0.0885. The summed E-state index contributed by atoms with van der Waals surface area (Å²) in [6.45, 7) is 5.52. The molecule has 1 atom stereocenters. The van der Waals surface area contributed by atoms with Crippen molar-refractivity contribution < 1.29 is 28.7 Å². The second kappa shape index (κ2) is 16.4. The fraction of sp³-hybridized carbons (Fsp3) is 0.333. The van der Waals surface area contributed by atoms with Crippen molar-refractivity contribution in [2.45, 2.75) is 58.2 Å².